The van der Waals surface area contributed by atoms with Gasteiger partial charge < -0.3 is 0 Å². The first-order valence-corrected chi connectivity index (χ1v) is 6.32. The highest BCUT2D eigenvalue weighted by molar-refractivity contribution is 8.13. The molecule has 0 atom stereocenters. The number of hydrazone groups is 1. The van der Waals surface area contributed by atoms with Crippen LogP contribution < -0.4 is 0 Å². The molecule has 90 valence electrons. The minimum atomic E-state index is -0.226. The summed E-state index contributed by atoms with van der Waals surface area (Å²) in [6.07, 6.45) is 3.59. The topological polar surface area (TPSA) is 45.0 Å². The monoisotopic (exact) mass is 249 g/mol. The Morgan fingerprint density at radius 2 is 2.00 bits per heavy atom. The second kappa shape index (κ2) is 6.85. The quantitative estimate of drug-likeness (QED) is 0.458. The molecule has 5 heteroatoms. The fraction of sp³-hybridized carbons (Fsp3) is 0.250. The van der Waals surface area contributed by atoms with Gasteiger partial charge in [0.15, 0.2) is 5.17 Å². The molecule has 0 radical (unpaired) electrons. The van der Waals surface area contributed by atoms with E-state index in [1.54, 1.807) is 18.3 Å². The Bertz CT molecular complexity index is 429. The molecule has 0 unspecified atom stereocenters. The molecule has 4 nitrogen and oxygen atoms in total. The molecule has 1 aromatic rings. The van der Waals surface area contributed by atoms with Crippen molar-refractivity contribution in [2.24, 2.45) is 10.1 Å². The number of carbonyl (C=O) groups is 1. The van der Waals surface area contributed by atoms with Crippen LogP contribution in [0.1, 0.15) is 12.5 Å². The Balaban J connectivity index is 2.74. The highest BCUT2D eigenvalue weighted by atomic mass is 32.2. The van der Waals surface area contributed by atoms with Crippen molar-refractivity contribution in [1.82, 2.24) is 5.01 Å². The van der Waals surface area contributed by atoms with E-state index in [9.17, 15) is 4.79 Å². The Kier molecular flexibility index (Phi) is 5.42. The van der Waals surface area contributed by atoms with Crippen LogP contribution in [0.2, 0.25) is 0 Å². The van der Waals surface area contributed by atoms with Gasteiger partial charge >= 0.3 is 0 Å². The van der Waals surface area contributed by atoms with Crippen molar-refractivity contribution < 1.29 is 4.79 Å². The largest absolute Gasteiger partial charge is 0.273 e. The molecule has 0 heterocycles. The van der Waals surface area contributed by atoms with E-state index in [-0.39, 0.29) is 5.91 Å². The molecule has 0 saturated heterocycles. The second-order valence-electron chi connectivity index (χ2n) is 3.30. The standard InChI is InChI=1S/C12H15N3OS/c1-10(16)14-12(17-3)15(2)13-9-11-7-5-4-6-8-11/h4-9H,1-3H3. The van der Waals surface area contributed by atoms with Crippen LogP contribution in [0.25, 0.3) is 0 Å². The Labute approximate surface area is 105 Å². The zero-order valence-corrected chi connectivity index (χ0v) is 10.9. The van der Waals surface area contributed by atoms with Crippen LogP contribution in [0, 0.1) is 0 Å². The lowest BCUT2D eigenvalue weighted by molar-refractivity contribution is -0.115. The van der Waals surface area contributed by atoms with Crippen molar-refractivity contribution >= 4 is 29.1 Å². The molecular formula is C12H15N3OS. The lowest BCUT2D eigenvalue weighted by atomic mass is 10.2. The van der Waals surface area contributed by atoms with Gasteiger partial charge in [-0.3, -0.25) is 4.79 Å². The van der Waals surface area contributed by atoms with Gasteiger partial charge in [-0.2, -0.15) is 10.1 Å². The third-order valence-corrected chi connectivity index (χ3v) is 2.61. The minimum absolute atomic E-state index is 0.226. The van der Waals surface area contributed by atoms with Gasteiger partial charge in [-0.05, 0) is 11.8 Å². The Morgan fingerprint density at radius 1 is 1.35 bits per heavy atom. The fourth-order valence-corrected chi connectivity index (χ4v) is 1.66. The molecule has 1 aromatic carbocycles. The highest BCUT2D eigenvalue weighted by Gasteiger charge is 2.03. The maximum absolute atomic E-state index is 10.9. The summed E-state index contributed by atoms with van der Waals surface area (Å²) in [5.74, 6) is -0.226. The number of rotatable bonds is 2. The summed E-state index contributed by atoms with van der Waals surface area (Å²) in [7, 11) is 1.76. The molecule has 1 amide bonds. The summed E-state index contributed by atoms with van der Waals surface area (Å²) < 4.78 is 0. The molecule has 17 heavy (non-hydrogen) atoms. The van der Waals surface area contributed by atoms with Crippen LogP contribution >= 0.6 is 11.8 Å². The first-order valence-electron chi connectivity index (χ1n) is 5.09. The van der Waals surface area contributed by atoms with Crippen molar-refractivity contribution in [3.8, 4) is 0 Å². The number of benzene rings is 1. The van der Waals surface area contributed by atoms with Crippen LogP contribution in [0.3, 0.4) is 0 Å². The number of hydrogen-bond donors (Lipinski definition) is 0. The van der Waals surface area contributed by atoms with Gasteiger partial charge in [-0.1, -0.05) is 42.1 Å². The van der Waals surface area contributed by atoms with Crippen molar-refractivity contribution in [1.29, 1.82) is 0 Å². The summed E-state index contributed by atoms with van der Waals surface area (Å²) in [6, 6.07) is 9.75. The van der Waals surface area contributed by atoms with E-state index >= 15 is 0 Å². The highest BCUT2D eigenvalue weighted by Crippen LogP contribution is 2.04. The summed E-state index contributed by atoms with van der Waals surface area (Å²) in [6.45, 7) is 1.42. The van der Waals surface area contributed by atoms with Crippen molar-refractivity contribution in [2.45, 2.75) is 6.92 Å². The Morgan fingerprint density at radius 3 is 2.53 bits per heavy atom. The lowest BCUT2D eigenvalue weighted by Gasteiger charge is -2.12. The summed E-state index contributed by atoms with van der Waals surface area (Å²) >= 11 is 1.38. The normalized spacial score (nSPS) is 11.8. The van der Waals surface area contributed by atoms with Crippen molar-refractivity contribution in [3.63, 3.8) is 0 Å². The maximum Gasteiger partial charge on any atom is 0.245 e. The predicted octanol–water partition coefficient (Wildman–Crippen LogP) is 2.22. The molecule has 0 aromatic heterocycles. The van der Waals surface area contributed by atoms with Crippen LogP contribution in [0.4, 0.5) is 0 Å². The predicted molar refractivity (Wildman–Crippen MR) is 73.4 cm³/mol. The molecule has 0 aliphatic carbocycles. The van der Waals surface area contributed by atoms with E-state index in [2.05, 4.69) is 10.1 Å². The van der Waals surface area contributed by atoms with E-state index in [0.29, 0.717) is 5.17 Å². The molecule has 0 aliphatic heterocycles. The smallest absolute Gasteiger partial charge is 0.245 e. The van der Waals surface area contributed by atoms with Gasteiger partial charge in [0.25, 0.3) is 0 Å². The van der Waals surface area contributed by atoms with Crippen molar-refractivity contribution in [2.75, 3.05) is 13.3 Å². The first-order chi connectivity index (χ1) is 8.13. The summed E-state index contributed by atoms with van der Waals surface area (Å²) in [4.78, 5) is 14.8. The van der Waals surface area contributed by atoms with Crippen LogP contribution in [0.15, 0.2) is 40.4 Å². The van der Waals surface area contributed by atoms with Gasteiger partial charge in [-0.15, -0.1) is 0 Å². The zero-order valence-electron chi connectivity index (χ0n) is 10.1. The molecule has 0 saturated carbocycles. The number of nitrogens with zero attached hydrogens (tertiary/aromatic N) is 3. The minimum Gasteiger partial charge on any atom is -0.273 e. The third kappa shape index (κ3) is 4.82. The van der Waals surface area contributed by atoms with Gasteiger partial charge in [0.1, 0.15) is 0 Å². The van der Waals surface area contributed by atoms with Crippen LogP contribution in [-0.2, 0) is 4.79 Å². The second-order valence-corrected chi connectivity index (χ2v) is 4.07. The average molecular weight is 249 g/mol. The molecular weight excluding hydrogens is 234 g/mol. The van der Waals surface area contributed by atoms with Gasteiger partial charge in [-0.25, -0.2) is 5.01 Å². The van der Waals surface area contributed by atoms with Crippen LogP contribution in [-0.4, -0.2) is 35.6 Å². The third-order valence-electron chi connectivity index (χ3n) is 1.89. The summed E-state index contributed by atoms with van der Waals surface area (Å²) in [5.41, 5.74) is 1.00. The van der Waals surface area contributed by atoms with E-state index in [1.165, 1.54) is 18.7 Å². The summed E-state index contributed by atoms with van der Waals surface area (Å²) in [5, 5.41) is 6.38. The molecule has 0 N–H and O–H groups in total. The average Bonchev–Trinajstić information content (AvgIpc) is 2.34. The SMILES string of the molecule is CSC(=NC(C)=O)N(C)N=Cc1ccccc1. The zero-order chi connectivity index (χ0) is 12.7. The first kappa shape index (κ1) is 13.4. The number of thioether (sulfide) groups is 1. The van der Waals surface area contributed by atoms with Gasteiger partial charge in [0.05, 0.1) is 6.21 Å². The fourth-order valence-electron chi connectivity index (χ4n) is 1.13. The number of carbonyl (C=O) groups excluding carboxylic acids is 1. The number of aliphatic imine (C=N–C) groups is 1. The Hall–Kier alpha value is -1.62. The molecule has 0 fully saturated rings. The lowest BCUT2D eigenvalue weighted by Crippen LogP contribution is -2.19. The molecule has 0 aliphatic rings. The van der Waals surface area contributed by atoms with Gasteiger partial charge in [0.2, 0.25) is 5.91 Å². The number of hydrogen-bond acceptors (Lipinski definition) is 3. The van der Waals surface area contributed by atoms with E-state index in [4.69, 9.17) is 0 Å². The van der Waals surface area contributed by atoms with E-state index < -0.39 is 0 Å². The van der Waals surface area contributed by atoms with Crippen molar-refractivity contribution in [3.05, 3.63) is 35.9 Å². The maximum atomic E-state index is 10.9. The van der Waals surface area contributed by atoms with Gasteiger partial charge in [0, 0.05) is 14.0 Å². The number of amides is 1. The van der Waals surface area contributed by atoms with E-state index in [0.717, 1.165) is 5.56 Å². The molecule has 0 spiro atoms. The van der Waals surface area contributed by atoms with E-state index in [1.807, 2.05) is 36.6 Å². The van der Waals surface area contributed by atoms with Crippen LogP contribution in [0.5, 0.6) is 0 Å². The molecule has 1 rings (SSSR count). The number of amidine groups is 1. The molecule has 0 bridgehead atoms.